The summed E-state index contributed by atoms with van der Waals surface area (Å²) < 4.78 is 5.81. The molecule has 1 N–H and O–H groups in total. The summed E-state index contributed by atoms with van der Waals surface area (Å²) in [5, 5.41) is 2.98. The topological polar surface area (TPSA) is 44.8 Å². The average Bonchev–Trinajstić information content (AvgIpc) is 2.70. The van der Waals surface area contributed by atoms with Crippen molar-refractivity contribution in [3.63, 3.8) is 0 Å². The van der Waals surface area contributed by atoms with Gasteiger partial charge in [0.1, 0.15) is 12.4 Å². The summed E-state index contributed by atoms with van der Waals surface area (Å²) in [6, 6.07) is 12.4. The monoisotopic (exact) mass is 381 g/mol. The van der Waals surface area contributed by atoms with E-state index in [-0.39, 0.29) is 6.03 Å². The summed E-state index contributed by atoms with van der Waals surface area (Å²) in [6.07, 6.45) is 0. The molecule has 1 heterocycles. The van der Waals surface area contributed by atoms with Crippen molar-refractivity contribution < 1.29 is 9.53 Å². The number of amides is 2. The summed E-state index contributed by atoms with van der Waals surface area (Å²) in [5.41, 5.74) is 6.27. The number of carbonyl (C=O) groups excluding carboxylic acids is 1. The maximum Gasteiger partial charge on any atom is 0.317 e. The molecule has 0 spiro atoms. The zero-order valence-electron chi connectivity index (χ0n) is 17.4. The highest BCUT2D eigenvalue weighted by atomic mass is 16.5. The van der Waals surface area contributed by atoms with Crippen LogP contribution in [0.2, 0.25) is 0 Å². The van der Waals surface area contributed by atoms with Crippen LogP contribution in [0, 0.1) is 27.7 Å². The molecule has 0 radical (unpaired) electrons. The number of urea groups is 1. The molecule has 0 atom stereocenters. The van der Waals surface area contributed by atoms with Crippen molar-refractivity contribution in [3.8, 4) is 5.75 Å². The van der Waals surface area contributed by atoms with Crippen LogP contribution in [0.5, 0.6) is 5.75 Å². The summed E-state index contributed by atoms with van der Waals surface area (Å²) in [5.74, 6) is 0.886. The summed E-state index contributed by atoms with van der Waals surface area (Å²) in [6.45, 7) is 12.6. The molecule has 5 nitrogen and oxygen atoms in total. The van der Waals surface area contributed by atoms with Crippen molar-refractivity contribution in [1.82, 2.24) is 10.2 Å². The molecule has 1 aliphatic rings. The zero-order chi connectivity index (χ0) is 20.1. The fourth-order valence-electron chi connectivity index (χ4n) is 3.54. The first-order valence-electron chi connectivity index (χ1n) is 10.0. The number of piperazine rings is 1. The van der Waals surface area contributed by atoms with E-state index in [1.807, 2.05) is 17.0 Å². The van der Waals surface area contributed by atoms with Crippen LogP contribution in [-0.4, -0.2) is 50.3 Å². The number of aryl methyl sites for hydroxylation is 2. The molecule has 1 fully saturated rings. The van der Waals surface area contributed by atoms with E-state index in [0.29, 0.717) is 13.2 Å². The molecule has 5 heteroatoms. The van der Waals surface area contributed by atoms with E-state index in [9.17, 15) is 4.79 Å². The van der Waals surface area contributed by atoms with Gasteiger partial charge in [-0.25, -0.2) is 4.79 Å². The number of hydrogen-bond acceptors (Lipinski definition) is 3. The highest BCUT2D eigenvalue weighted by Crippen LogP contribution is 2.24. The van der Waals surface area contributed by atoms with Crippen molar-refractivity contribution >= 4 is 11.7 Å². The van der Waals surface area contributed by atoms with Gasteiger partial charge in [0.15, 0.2) is 0 Å². The largest absolute Gasteiger partial charge is 0.491 e. The summed E-state index contributed by atoms with van der Waals surface area (Å²) >= 11 is 0. The lowest BCUT2D eigenvalue weighted by atomic mass is 10.1. The molecule has 0 saturated carbocycles. The first kappa shape index (κ1) is 20.1. The molecule has 1 saturated heterocycles. The number of nitrogens with zero attached hydrogens (tertiary/aromatic N) is 2. The van der Waals surface area contributed by atoms with Crippen molar-refractivity contribution in [2.75, 3.05) is 44.2 Å². The molecule has 2 aromatic rings. The van der Waals surface area contributed by atoms with Gasteiger partial charge in [0.05, 0.1) is 6.54 Å². The van der Waals surface area contributed by atoms with Crippen molar-refractivity contribution in [2.45, 2.75) is 27.7 Å². The second-order valence-electron chi connectivity index (χ2n) is 7.47. The van der Waals surface area contributed by atoms with Gasteiger partial charge in [-0.15, -0.1) is 0 Å². The second kappa shape index (κ2) is 9.00. The second-order valence-corrected chi connectivity index (χ2v) is 7.47. The Bertz CT molecular complexity index is 827. The van der Waals surface area contributed by atoms with Crippen LogP contribution < -0.4 is 15.0 Å². The van der Waals surface area contributed by atoms with Gasteiger partial charge in [-0.1, -0.05) is 24.3 Å². The maximum absolute atomic E-state index is 12.4. The lowest BCUT2D eigenvalue weighted by Crippen LogP contribution is -2.52. The van der Waals surface area contributed by atoms with E-state index in [0.717, 1.165) is 37.5 Å². The Morgan fingerprint density at radius 3 is 2.29 bits per heavy atom. The predicted octanol–water partition coefficient (Wildman–Crippen LogP) is 3.83. The van der Waals surface area contributed by atoms with Crippen LogP contribution in [0.3, 0.4) is 0 Å². The molecule has 2 aromatic carbocycles. The molecular formula is C23H31N3O2. The van der Waals surface area contributed by atoms with Gasteiger partial charge in [0.25, 0.3) is 0 Å². The first-order valence-corrected chi connectivity index (χ1v) is 10.0. The smallest absolute Gasteiger partial charge is 0.317 e. The van der Waals surface area contributed by atoms with Crippen molar-refractivity contribution in [2.24, 2.45) is 0 Å². The van der Waals surface area contributed by atoms with Crippen LogP contribution in [0.15, 0.2) is 36.4 Å². The van der Waals surface area contributed by atoms with Gasteiger partial charge >= 0.3 is 6.03 Å². The van der Waals surface area contributed by atoms with Gasteiger partial charge in [0, 0.05) is 31.9 Å². The van der Waals surface area contributed by atoms with Crippen molar-refractivity contribution in [3.05, 3.63) is 58.7 Å². The lowest BCUT2D eigenvalue weighted by molar-refractivity contribution is 0.191. The highest BCUT2D eigenvalue weighted by Gasteiger charge is 2.22. The zero-order valence-corrected chi connectivity index (χ0v) is 17.4. The highest BCUT2D eigenvalue weighted by molar-refractivity contribution is 5.74. The van der Waals surface area contributed by atoms with Crippen LogP contribution in [0.1, 0.15) is 22.3 Å². The minimum atomic E-state index is -0.00909. The predicted molar refractivity (Wildman–Crippen MR) is 115 cm³/mol. The van der Waals surface area contributed by atoms with Gasteiger partial charge in [-0.2, -0.15) is 0 Å². The Hall–Kier alpha value is -2.69. The fraction of sp³-hybridized carbons (Fsp3) is 0.435. The van der Waals surface area contributed by atoms with Crippen LogP contribution in [0.25, 0.3) is 0 Å². The Labute approximate surface area is 168 Å². The number of benzene rings is 2. The summed E-state index contributed by atoms with van der Waals surface area (Å²) in [7, 11) is 0. The number of nitrogens with one attached hydrogen (secondary N) is 1. The number of carbonyl (C=O) groups is 1. The number of hydrogen-bond donors (Lipinski definition) is 1. The molecule has 0 aliphatic carbocycles. The lowest BCUT2D eigenvalue weighted by Gasteiger charge is -2.37. The Morgan fingerprint density at radius 1 is 0.929 bits per heavy atom. The fourth-order valence-corrected chi connectivity index (χ4v) is 3.54. The molecule has 2 amide bonds. The van der Waals surface area contributed by atoms with E-state index < -0.39 is 0 Å². The van der Waals surface area contributed by atoms with E-state index >= 15 is 0 Å². The molecule has 0 bridgehead atoms. The molecule has 3 rings (SSSR count). The van der Waals surface area contributed by atoms with Gasteiger partial charge in [0.2, 0.25) is 0 Å². The number of ether oxygens (including phenoxy) is 1. The average molecular weight is 382 g/mol. The third kappa shape index (κ3) is 4.58. The van der Waals surface area contributed by atoms with Crippen LogP contribution >= 0.6 is 0 Å². The molecule has 28 heavy (non-hydrogen) atoms. The SMILES string of the molecule is Cc1cccc(OCCNC(=O)N2CCN(c3cccc(C)c3C)CC2)c1C. The molecule has 0 unspecified atom stereocenters. The van der Waals surface area contributed by atoms with Gasteiger partial charge in [-0.3, -0.25) is 0 Å². The Morgan fingerprint density at radius 2 is 1.57 bits per heavy atom. The van der Waals surface area contributed by atoms with E-state index in [2.05, 4.69) is 62.2 Å². The van der Waals surface area contributed by atoms with E-state index in [1.165, 1.54) is 22.4 Å². The Balaban J connectivity index is 1.43. The Kier molecular flexibility index (Phi) is 6.45. The number of rotatable bonds is 5. The molecule has 0 aromatic heterocycles. The third-order valence-corrected chi connectivity index (χ3v) is 5.67. The number of anilines is 1. The van der Waals surface area contributed by atoms with Gasteiger partial charge in [-0.05, 0) is 62.1 Å². The molecule has 150 valence electrons. The summed E-state index contributed by atoms with van der Waals surface area (Å²) in [4.78, 5) is 16.7. The normalized spacial score (nSPS) is 14.1. The van der Waals surface area contributed by atoms with E-state index in [4.69, 9.17) is 4.74 Å². The molecule has 1 aliphatic heterocycles. The van der Waals surface area contributed by atoms with Crippen molar-refractivity contribution in [1.29, 1.82) is 0 Å². The van der Waals surface area contributed by atoms with Gasteiger partial charge < -0.3 is 19.9 Å². The maximum atomic E-state index is 12.4. The minimum Gasteiger partial charge on any atom is -0.491 e. The molecular weight excluding hydrogens is 350 g/mol. The first-order chi connectivity index (χ1) is 13.5. The quantitative estimate of drug-likeness (QED) is 0.801. The third-order valence-electron chi connectivity index (χ3n) is 5.67. The van der Waals surface area contributed by atoms with E-state index in [1.54, 1.807) is 0 Å². The minimum absolute atomic E-state index is 0.00909. The standard InChI is InChI=1S/C23H31N3O2/c1-17-7-5-9-21(19(17)3)25-12-14-26(15-13-25)23(27)24-11-16-28-22-10-6-8-18(2)20(22)4/h5-10H,11-16H2,1-4H3,(H,24,27). The van der Waals surface area contributed by atoms with Crippen LogP contribution in [-0.2, 0) is 0 Å². The van der Waals surface area contributed by atoms with Crippen LogP contribution in [0.4, 0.5) is 10.5 Å².